The lowest BCUT2D eigenvalue weighted by Gasteiger charge is -2.32. The van der Waals surface area contributed by atoms with Crippen LogP contribution in [0.1, 0.15) is 46.8 Å². The molecule has 0 amide bonds. The highest BCUT2D eigenvalue weighted by Crippen LogP contribution is 2.36. The van der Waals surface area contributed by atoms with Crippen molar-refractivity contribution in [2.24, 2.45) is 0 Å². The SMILES string of the molecule is CC1(C)OB(c2cnn([C@H]3CCCO3)c2)OC1(C)C. The Morgan fingerprint density at radius 2 is 1.95 bits per heavy atom. The third-order valence-electron chi connectivity index (χ3n) is 4.35. The summed E-state index contributed by atoms with van der Waals surface area (Å²) in [6, 6.07) is 0. The largest absolute Gasteiger partial charge is 0.498 e. The Labute approximate surface area is 114 Å². The summed E-state index contributed by atoms with van der Waals surface area (Å²) in [4.78, 5) is 0. The smallest absolute Gasteiger partial charge is 0.399 e. The topological polar surface area (TPSA) is 45.5 Å². The van der Waals surface area contributed by atoms with Crippen LogP contribution in [0.4, 0.5) is 0 Å². The van der Waals surface area contributed by atoms with Crippen molar-refractivity contribution in [1.29, 1.82) is 0 Å². The summed E-state index contributed by atoms with van der Waals surface area (Å²) < 4.78 is 19.5. The summed E-state index contributed by atoms with van der Waals surface area (Å²) in [5, 5.41) is 4.37. The summed E-state index contributed by atoms with van der Waals surface area (Å²) in [7, 11) is -0.347. The molecule has 6 heteroatoms. The second-order valence-corrected chi connectivity index (χ2v) is 6.31. The Bertz CT molecular complexity index is 450. The van der Waals surface area contributed by atoms with E-state index in [1.807, 2.05) is 17.1 Å². The van der Waals surface area contributed by atoms with Gasteiger partial charge >= 0.3 is 7.12 Å². The summed E-state index contributed by atoms with van der Waals surface area (Å²) in [5.41, 5.74) is 0.321. The van der Waals surface area contributed by atoms with E-state index in [-0.39, 0.29) is 24.5 Å². The van der Waals surface area contributed by atoms with Crippen molar-refractivity contribution in [3.05, 3.63) is 12.4 Å². The molecule has 1 aromatic rings. The molecule has 0 aliphatic carbocycles. The van der Waals surface area contributed by atoms with Gasteiger partial charge in [-0.05, 0) is 40.5 Å². The summed E-state index contributed by atoms with van der Waals surface area (Å²) in [6.07, 6.45) is 5.96. The molecule has 0 radical (unpaired) electrons. The van der Waals surface area contributed by atoms with Crippen molar-refractivity contribution < 1.29 is 14.0 Å². The van der Waals surface area contributed by atoms with Crippen molar-refractivity contribution >= 4 is 12.6 Å². The van der Waals surface area contributed by atoms with Crippen LogP contribution in [-0.2, 0) is 14.0 Å². The first-order valence-corrected chi connectivity index (χ1v) is 6.90. The molecule has 0 saturated carbocycles. The minimum absolute atomic E-state index is 0.0659. The fourth-order valence-corrected chi connectivity index (χ4v) is 2.38. The summed E-state index contributed by atoms with van der Waals surface area (Å²) in [5.74, 6) is 0. The van der Waals surface area contributed by atoms with E-state index in [9.17, 15) is 0 Å². The monoisotopic (exact) mass is 264 g/mol. The third kappa shape index (κ3) is 2.22. The van der Waals surface area contributed by atoms with Gasteiger partial charge in [0.2, 0.25) is 0 Å². The Kier molecular flexibility index (Phi) is 3.00. The fourth-order valence-electron chi connectivity index (χ4n) is 2.38. The molecule has 104 valence electrons. The number of ether oxygens (including phenoxy) is 1. The van der Waals surface area contributed by atoms with Crippen LogP contribution in [0.2, 0.25) is 0 Å². The van der Waals surface area contributed by atoms with Crippen LogP contribution >= 0.6 is 0 Å². The average Bonchev–Trinajstić information content (AvgIpc) is 3.00. The predicted octanol–water partition coefficient (Wildman–Crippen LogP) is 1.49. The molecule has 2 saturated heterocycles. The molecule has 5 nitrogen and oxygen atoms in total. The van der Waals surface area contributed by atoms with Crippen LogP contribution in [0.15, 0.2) is 12.4 Å². The predicted molar refractivity (Wildman–Crippen MR) is 72.2 cm³/mol. The van der Waals surface area contributed by atoms with Crippen LogP contribution < -0.4 is 5.46 Å². The highest BCUT2D eigenvalue weighted by Gasteiger charge is 2.52. The number of hydrogen-bond donors (Lipinski definition) is 0. The van der Waals surface area contributed by atoms with Crippen molar-refractivity contribution in [2.45, 2.75) is 58.0 Å². The number of rotatable bonds is 2. The van der Waals surface area contributed by atoms with Gasteiger partial charge in [0.05, 0.1) is 11.2 Å². The Balaban J connectivity index is 1.77. The van der Waals surface area contributed by atoms with Gasteiger partial charge in [-0.15, -0.1) is 0 Å². The van der Waals surface area contributed by atoms with Crippen LogP contribution in [0.25, 0.3) is 0 Å². The van der Waals surface area contributed by atoms with Crippen molar-refractivity contribution in [2.75, 3.05) is 6.61 Å². The maximum absolute atomic E-state index is 6.01. The first kappa shape index (κ1) is 13.2. The molecule has 3 heterocycles. The van der Waals surface area contributed by atoms with Crippen molar-refractivity contribution in [3.8, 4) is 0 Å². The third-order valence-corrected chi connectivity index (χ3v) is 4.35. The Morgan fingerprint density at radius 3 is 2.53 bits per heavy atom. The van der Waals surface area contributed by atoms with Gasteiger partial charge in [-0.25, -0.2) is 4.68 Å². The lowest BCUT2D eigenvalue weighted by Crippen LogP contribution is -2.41. The zero-order valence-corrected chi connectivity index (χ0v) is 12.0. The van der Waals surface area contributed by atoms with E-state index in [1.165, 1.54) is 0 Å². The standard InChI is InChI=1S/C13H21BN2O3/c1-12(2)13(3,4)19-14(18-12)10-8-15-16(9-10)11-6-5-7-17-11/h8-9,11H,5-7H2,1-4H3/t11-/m1/s1. The van der Waals surface area contributed by atoms with E-state index in [2.05, 4.69) is 32.8 Å². The molecule has 2 aliphatic rings. The molecule has 19 heavy (non-hydrogen) atoms. The van der Waals surface area contributed by atoms with Gasteiger partial charge in [0.1, 0.15) is 6.23 Å². The highest BCUT2D eigenvalue weighted by molar-refractivity contribution is 6.61. The van der Waals surface area contributed by atoms with E-state index in [0.29, 0.717) is 0 Å². The van der Waals surface area contributed by atoms with Gasteiger partial charge in [-0.1, -0.05) is 0 Å². The number of aromatic nitrogens is 2. The lowest BCUT2D eigenvalue weighted by atomic mass is 9.82. The second-order valence-electron chi connectivity index (χ2n) is 6.31. The maximum atomic E-state index is 6.01. The van der Waals surface area contributed by atoms with Crippen molar-refractivity contribution in [1.82, 2.24) is 9.78 Å². The Hall–Kier alpha value is -0.845. The van der Waals surface area contributed by atoms with Gasteiger partial charge in [0.15, 0.2) is 0 Å². The van der Waals surface area contributed by atoms with Gasteiger partial charge in [0.25, 0.3) is 0 Å². The molecule has 0 spiro atoms. The summed E-state index contributed by atoms with van der Waals surface area (Å²) in [6.45, 7) is 9.03. The molecule has 0 N–H and O–H groups in total. The molecule has 0 unspecified atom stereocenters. The second kappa shape index (κ2) is 4.33. The summed E-state index contributed by atoms with van der Waals surface area (Å²) >= 11 is 0. The first-order valence-electron chi connectivity index (χ1n) is 6.90. The quantitative estimate of drug-likeness (QED) is 0.759. The molecule has 2 fully saturated rings. The first-order chi connectivity index (χ1) is 8.89. The molecular weight excluding hydrogens is 243 g/mol. The average molecular weight is 264 g/mol. The Morgan fingerprint density at radius 1 is 1.26 bits per heavy atom. The lowest BCUT2D eigenvalue weighted by molar-refractivity contribution is 0.00578. The highest BCUT2D eigenvalue weighted by atomic mass is 16.7. The molecular formula is C13H21BN2O3. The molecule has 1 aromatic heterocycles. The molecule has 1 atom stereocenters. The number of hydrogen-bond acceptors (Lipinski definition) is 4. The van der Waals surface area contributed by atoms with Gasteiger partial charge in [-0.3, -0.25) is 0 Å². The molecule has 0 aromatic carbocycles. The van der Waals surface area contributed by atoms with Crippen LogP contribution in [0.3, 0.4) is 0 Å². The van der Waals surface area contributed by atoms with E-state index in [1.54, 1.807) is 0 Å². The van der Waals surface area contributed by atoms with Crippen molar-refractivity contribution in [3.63, 3.8) is 0 Å². The minimum atomic E-state index is -0.347. The fraction of sp³-hybridized carbons (Fsp3) is 0.769. The molecule has 3 rings (SSSR count). The van der Waals surface area contributed by atoms with E-state index in [0.717, 1.165) is 24.9 Å². The minimum Gasteiger partial charge on any atom is -0.399 e. The van der Waals surface area contributed by atoms with Gasteiger partial charge in [-0.2, -0.15) is 5.10 Å². The van der Waals surface area contributed by atoms with E-state index >= 15 is 0 Å². The van der Waals surface area contributed by atoms with Gasteiger partial charge < -0.3 is 14.0 Å². The number of nitrogens with zero attached hydrogens (tertiary/aromatic N) is 2. The normalized spacial score (nSPS) is 29.1. The van der Waals surface area contributed by atoms with Gasteiger partial charge in [0, 0.05) is 24.5 Å². The molecule has 2 aliphatic heterocycles. The van der Waals surface area contributed by atoms with Crippen LogP contribution in [0.5, 0.6) is 0 Å². The maximum Gasteiger partial charge on any atom is 0.498 e. The zero-order chi connectivity index (χ0) is 13.7. The molecule has 0 bridgehead atoms. The van der Waals surface area contributed by atoms with E-state index in [4.69, 9.17) is 14.0 Å². The zero-order valence-electron chi connectivity index (χ0n) is 12.0. The van der Waals surface area contributed by atoms with Crippen LogP contribution in [-0.4, -0.2) is 34.7 Å². The van der Waals surface area contributed by atoms with Crippen LogP contribution in [0, 0.1) is 0 Å². The van der Waals surface area contributed by atoms with E-state index < -0.39 is 0 Å².